The maximum absolute atomic E-state index is 10.6. The second-order valence-corrected chi connectivity index (χ2v) is 5.77. The van der Waals surface area contributed by atoms with E-state index in [0.717, 1.165) is 17.9 Å². The lowest BCUT2D eigenvalue weighted by Gasteiger charge is -2.29. The van der Waals surface area contributed by atoms with Crippen molar-refractivity contribution >= 4 is 0 Å². The number of aliphatic hydroxyl groups excluding tert-OH is 1. The van der Waals surface area contributed by atoms with Crippen molar-refractivity contribution in [1.82, 2.24) is 4.90 Å². The summed E-state index contributed by atoms with van der Waals surface area (Å²) >= 11 is 0. The molecular formula is C19H25NO2. The molecule has 1 atom stereocenters. The van der Waals surface area contributed by atoms with Gasteiger partial charge in [-0.25, -0.2) is 0 Å². The van der Waals surface area contributed by atoms with Gasteiger partial charge in [0.25, 0.3) is 0 Å². The Hall–Kier alpha value is -1.84. The van der Waals surface area contributed by atoms with Crippen molar-refractivity contribution in [2.24, 2.45) is 0 Å². The van der Waals surface area contributed by atoms with Gasteiger partial charge in [-0.1, -0.05) is 48.5 Å². The molecule has 0 aliphatic carbocycles. The molecule has 2 rings (SSSR count). The fraction of sp³-hybridized carbons (Fsp3) is 0.368. The van der Waals surface area contributed by atoms with Crippen LogP contribution in [0.4, 0.5) is 0 Å². The van der Waals surface area contributed by atoms with Gasteiger partial charge in [0.1, 0.15) is 5.75 Å². The number of nitrogens with zero attached hydrogens (tertiary/aromatic N) is 1. The van der Waals surface area contributed by atoms with Crippen molar-refractivity contribution < 1.29 is 9.84 Å². The molecule has 22 heavy (non-hydrogen) atoms. The number of benzene rings is 2. The van der Waals surface area contributed by atoms with E-state index in [-0.39, 0.29) is 0 Å². The summed E-state index contributed by atoms with van der Waals surface area (Å²) in [6, 6.07) is 18.3. The molecule has 0 bridgehead atoms. The molecule has 0 aliphatic heterocycles. The number of hydrogen-bond acceptors (Lipinski definition) is 3. The van der Waals surface area contributed by atoms with E-state index >= 15 is 0 Å². The molecular weight excluding hydrogens is 274 g/mol. The highest BCUT2D eigenvalue weighted by Crippen LogP contribution is 2.26. The van der Waals surface area contributed by atoms with E-state index in [4.69, 9.17) is 4.74 Å². The maximum atomic E-state index is 10.6. The quantitative estimate of drug-likeness (QED) is 0.847. The highest BCUT2D eigenvalue weighted by Gasteiger charge is 2.19. The van der Waals surface area contributed by atoms with Crippen LogP contribution < -0.4 is 4.74 Å². The maximum Gasteiger partial charge on any atom is 0.124 e. The van der Waals surface area contributed by atoms with Crippen LogP contribution in [0, 0.1) is 0 Å². The Morgan fingerprint density at radius 2 is 1.64 bits per heavy atom. The molecule has 118 valence electrons. The van der Waals surface area contributed by atoms with Crippen molar-refractivity contribution in [3.63, 3.8) is 0 Å². The van der Waals surface area contributed by atoms with Gasteiger partial charge in [-0.05, 0) is 25.5 Å². The van der Waals surface area contributed by atoms with Crippen molar-refractivity contribution in [2.45, 2.75) is 32.5 Å². The number of para-hydroxylation sites is 1. The van der Waals surface area contributed by atoms with Gasteiger partial charge in [0.15, 0.2) is 0 Å². The average Bonchev–Trinajstić information content (AvgIpc) is 2.55. The highest BCUT2D eigenvalue weighted by molar-refractivity contribution is 5.35. The van der Waals surface area contributed by atoms with Gasteiger partial charge >= 0.3 is 0 Å². The SMILES string of the molecule is COc1ccccc1C(O)CN(Cc1ccccc1)C(C)C. The molecule has 0 spiro atoms. The van der Waals surface area contributed by atoms with Gasteiger partial charge in [0.2, 0.25) is 0 Å². The zero-order valence-electron chi connectivity index (χ0n) is 13.6. The predicted octanol–water partition coefficient (Wildman–Crippen LogP) is 3.64. The molecule has 2 aromatic carbocycles. The molecule has 0 fully saturated rings. The fourth-order valence-electron chi connectivity index (χ4n) is 2.54. The minimum Gasteiger partial charge on any atom is -0.496 e. The number of methoxy groups -OCH3 is 1. The Balaban J connectivity index is 2.10. The monoisotopic (exact) mass is 299 g/mol. The third-order valence-electron chi connectivity index (χ3n) is 3.86. The zero-order chi connectivity index (χ0) is 15.9. The standard InChI is InChI=1S/C19H25NO2/c1-15(2)20(13-16-9-5-4-6-10-16)14-18(21)17-11-7-8-12-19(17)22-3/h4-12,15,18,21H,13-14H2,1-3H3. The first-order valence-electron chi connectivity index (χ1n) is 7.70. The summed E-state index contributed by atoms with van der Waals surface area (Å²) in [7, 11) is 1.63. The Morgan fingerprint density at radius 1 is 1.00 bits per heavy atom. The van der Waals surface area contributed by atoms with E-state index in [0.29, 0.717) is 12.6 Å². The average molecular weight is 299 g/mol. The lowest BCUT2D eigenvalue weighted by atomic mass is 10.1. The Morgan fingerprint density at radius 3 is 2.27 bits per heavy atom. The van der Waals surface area contributed by atoms with Crippen LogP contribution >= 0.6 is 0 Å². The summed E-state index contributed by atoms with van der Waals surface area (Å²) in [6.45, 7) is 5.70. The van der Waals surface area contributed by atoms with Crippen LogP contribution in [0.25, 0.3) is 0 Å². The molecule has 0 saturated heterocycles. The number of aliphatic hydroxyl groups is 1. The molecule has 0 aromatic heterocycles. The summed E-state index contributed by atoms with van der Waals surface area (Å²) in [5.74, 6) is 0.735. The largest absolute Gasteiger partial charge is 0.496 e. The van der Waals surface area contributed by atoms with Crippen LogP contribution in [0.2, 0.25) is 0 Å². The summed E-state index contributed by atoms with van der Waals surface area (Å²) in [5, 5.41) is 10.6. The molecule has 2 aromatic rings. The van der Waals surface area contributed by atoms with Crippen molar-refractivity contribution in [3.8, 4) is 5.75 Å². The molecule has 1 N–H and O–H groups in total. The fourth-order valence-corrected chi connectivity index (χ4v) is 2.54. The Labute approximate surface area is 133 Å². The molecule has 0 aliphatic rings. The van der Waals surface area contributed by atoms with E-state index in [2.05, 4.69) is 30.9 Å². The van der Waals surface area contributed by atoms with Crippen LogP contribution in [0.1, 0.15) is 31.1 Å². The molecule has 3 heteroatoms. The van der Waals surface area contributed by atoms with Crippen LogP contribution in [-0.4, -0.2) is 29.7 Å². The van der Waals surface area contributed by atoms with Crippen LogP contribution in [-0.2, 0) is 6.54 Å². The zero-order valence-corrected chi connectivity index (χ0v) is 13.6. The smallest absolute Gasteiger partial charge is 0.124 e. The van der Waals surface area contributed by atoms with Crippen LogP contribution in [0.5, 0.6) is 5.75 Å². The molecule has 3 nitrogen and oxygen atoms in total. The second kappa shape index (κ2) is 7.97. The van der Waals surface area contributed by atoms with Gasteiger partial charge in [-0.2, -0.15) is 0 Å². The van der Waals surface area contributed by atoms with E-state index in [1.54, 1.807) is 7.11 Å². The minimum atomic E-state index is -0.567. The van der Waals surface area contributed by atoms with Crippen LogP contribution in [0.15, 0.2) is 54.6 Å². The number of ether oxygens (including phenoxy) is 1. The van der Waals surface area contributed by atoms with Crippen molar-refractivity contribution in [3.05, 3.63) is 65.7 Å². The minimum absolute atomic E-state index is 0.351. The summed E-state index contributed by atoms with van der Waals surface area (Å²) in [5.41, 5.74) is 2.09. The Kier molecular flexibility index (Phi) is 5.99. The molecule has 0 heterocycles. The van der Waals surface area contributed by atoms with Gasteiger partial charge in [-0.15, -0.1) is 0 Å². The first-order chi connectivity index (χ1) is 10.6. The van der Waals surface area contributed by atoms with Crippen LogP contribution in [0.3, 0.4) is 0 Å². The van der Waals surface area contributed by atoms with Crippen molar-refractivity contribution in [1.29, 1.82) is 0 Å². The Bertz CT molecular complexity index is 569. The van der Waals surface area contributed by atoms with Gasteiger partial charge in [0.05, 0.1) is 13.2 Å². The summed E-state index contributed by atoms with van der Waals surface area (Å²) < 4.78 is 5.35. The van der Waals surface area contributed by atoms with Gasteiger partial charge in [0, 0.05) is 24.7 Å². The summed E-state index contributed by atoms with van der Waals surface area (Å²) in [4.78, 5) is 2.27. The van der Waals surface area contributed by atoms with E-state index in [1.807, 2.05) is 42.5 Å². The van der Waals surface area contributed by atoms with E-state index < -0.39 is 6.10 Å². The third kappa shape index (κ3) is 4.33. The normalized spacial score (nSPS) is 12.6. The first kappa shape index (κ1) is 16.5. The second-order valence-electron chi connectivity index (χ2n) is 5.77. The lowest BCUT2D eigenvalue weighted by molar-refractivity contribution is 0.0889. The predicted molar refractivity (Wildman–Crippen MR) is 89.9 cm³/mol. The summed E-state index contributed by atoms with van der Waals surface area (Å²) in [6.07, 6.45) is -0.567. The number of rotatable bonds is 7. The van der Waals surface area contributed by atoms with Gasteiger partial charge in [-0.3, -0.25) is 4.90 Å². The van der Waals surface area contributed by atoms with Gasteiger partial charge < -0.3 is 9.84 Å². The third-order valence-corrected chi connectivity index (χ3v) is 3.86. The molecule has 0 radical (unpaired) electrons. The van der Waals surface area contributed by atoms with Crippen molar-refractivity contribution in [2.75, 3.05) is 13.7 Å². The highest BCUT2D eigenvalue weighted by atomic mass is 16.5. The molecule has 1 unspecified atom stereocenters. The van der Waals surface area contributed by atoms with E-state index in [1.165, 1.54) is 5.56 Å². The lowest BCUT2D eigenvalue weighted by Crippen LogP contribution is -2.34. The number of hydrogen-bond donors (Lipinski definition) is 1. The molecule has 0 saturated carbocycles. The first-order valence-corrected chi connectivity index (χ1v) is 7.70. The van der Waals surface area contributed by atoms with E-state index in [9.17, 15) is 5.11 Å². The topological polar surface area (TPSA) is 32.7 Å². The molecule has 0 amide bonds.